The molecule has 0 fully saturated rings. The third-order valence-electron chi connectivity index (χ3n) is 3.26. The van der Waals surface area contributed by atoms with Crippen molar-refractivity contribution < 1.29 is 5.11 Å². The highest BCUT2D eigenvalue weighted by atomic mass is 35.5. The molecule has 0 saturated heterocycles. The number of fused-ring (bicyclic) bond motifs is 1. The number of thiazole rings is 1. The molecule has 0 aliphatic carbocycles. The van der Waals surface area contributed by atoms with Crippen LogP contribution in [0.2, 0.25) is 5.02 Å². The van der Waals surface area contributed by atoms with Crippen molar-refractivity contribution in [1.82, 2.24) is 15.0 Å². The Balaban J connectivity index is 1.99. The van der Waals surface area contributed by atoms with Crippen LogP contribution in [0, 0.1) is 0 Å². The van der Waals surface area contributed by atoms with Crippen LogP contribution in [0.15, 0.2) is 34.9 Å². The SMILES string of the molecule is CSc1nc2ncnc(N(CCO)Cc3cccc(Cl)c3)c2s1. The topological polar surface area (TPSA) is 62.1 Å². The maximum atomic E-state index is 9.43. The standard InChI is InChI=1S/C15H15ClN4OS2/c1-22-15-19-13-12(23-15)14(18-9-17-13)20(5-6-21)8-10-3-2-4-11(16)7-10/h2-4,7,9,21H,5-6,8H2,1H3. The molecule has 120 valence electrons. The van der Waals surface area contributed by atoms with E-state index in [4.69, 9.17) is 11.6 Å². The molecule has 5 nitrogen and oxygen atoms in total. The lowest BCUT2D eigenvalue weighted by Crippen LogP contribution is -2.27. The summed E-state index contributed by atoms with van der Waals surface area (Å²) < 4.78 is 1.89. The maximum Gasteiger partial charge on any atom is 0.176 e. The average Bonchev–Trinajstić information content (AvgIpc) is 2.97. The van der Waals surface area contributed by atoms with Crippen LogP contribution in [-0.4, -0.2) is 39.5 Å². The van der Waals surface area contributed by atoms with E-state index in [9.17, 15) is 5.11 Å². The summed E-state index contributed by atoms with van der Waals surface area (Å²) in [5.41, 5.74) is 1.76. The first-order valence-electron chi connectivity index (χ1n) is 6.97. The van der Waals surface area contributed by atoms with Gasteiger partial charge in [-0.25, -0.2) is 15.0 Å². The number of hydrogen-bond donors (Lipinski definition) is 1. The van der Waals surface area contributed by atoms with Crippen LogP contribution in [-0.2, 0) is 6.54 Å². The van der Waals surface area contributed by atoms with Gasteiger partial charge in [-0.2, -0.15) is 0 Å². The van der Waals surface area contributed by atoms with Gasteiger partial charge < -0.3 is 10.0 Å². The molecule has 23 heavy (non-hydrogen) atoms. The van der Waals surface area contributed by atoms with Gasteiger partial charge in [0.1, 0.15) is 11.0 Å². The zero-order chi connectivity index (χ0) is 16.2. The predicted octanol–water partition coefficient (Wildman–Crippen LogP) is 3.46. The van der Waals surface area contributed by atoms with Gasteiger partial charge in [-0.1, -0.05) is 35.5 Å². The molecule has 0 spiro atoms. The fourth-order valence-electron chi connectivity index (χ4n) is 2.27. The molecule has 3 rings (SSSR count). The first kappa shape index (κ1) is 16.4. The number of benzene rings is 1. The third kappa shape index (κ3) is 3.74. The Bertz CT molecular complexity index is 811. The normalized spacial score (nSPS) is 11.1. The summed E-state index contributed by atoms with van der Waals surface area (Å²) in [4.78, 5) is 15.2. The monoisotopic (exact) mass is 366 g/mol. The van der Waals surface area contributed by atoms with E-state index in [0.29, 0.717) is 23.8 Å². The molecule has 1 aromatic carbocycles. The van der Waals surface area contributed by atoms with Crippen molar-refractivity contribution in [3.8, 4) is 0 Å². The molecule has 0 atom stereocenters. The summed E-state index contributed by atoms with van der Waals surface area (Å²) in [6.07, 6.45) is 3.51. The van der Waals surface area contributed by atoms with Gasteiger partial charge in [0.25, 0.3) is 0 Å². The lowest BCUT2D eigenvalue weighted by molar-refractivity contribution is 0.301. The average molecular weight is 367 g/mol. The number of nitrogens with zero attached hydrogens (tertiary/aromatic N) is 4. The summed E-state index contributed by atoms with van der Waals surface area (Å²) >= 11 is 9.22. The van der Waals surface area contributed by atoms with Gasteiger partial charge in [-0.05, 0) is 24.0 Å². The molecule has 2 heterocycles. The number of aromatic nitrogens is 3. The van der Waals surface area contributed by atoms with Gasteiger partial charge in [-0.15, -0.1) is 11.3 Å². The molecule has 0 bridgehead atoms. The van der Waals surface area contributed by atoms with E-state index in [-0.39, 0.29) is 6.61 Å². The quantitative estimate of drug-likeness (QED) is 0.674. The van der Waals surface area contributed by atoms with Crippen molar-refractivity contribution in [2.24, 2.45) is 0 Å². The van der Waals surface area contributed by atoms with Gasteiger partial charge in [-0.3, -0.25) is 0 Å². The van der Waals surface area contributed by atoms with Crippen molar-refractivity contribution >= 4 is 50.9 Å². The zero-order valence-electron chi connectivity index (χ0n) is 12.4. The van der Waals surface area contributed by atoms with Crippen molar-refractivity contribution in [1.29, 1.82) is 0 Å². The van der Waals surface area contributed by atoms with Crippen LogP contribution in [0.25, 0.3) is 10.3 Å². The first-order valence-corrected chi connectivity index (χ1v) is 9.39. The van der Waals surface area contributed by atoms with Crippen LogP contribution in [0.1, 0.15) is 5.56 Å². The number of aliphatic hydroxyl groups excluding tert-OH is 1. The number of halogens is 1. The van der Waals surface area contributed by atoms with E-state index in [1.165, 1.54) is 6.33 Å². The molecule has 0 aliphatic rings. The molecule has 0 amide bonds. The van der Waals surface area contributed by atoms with E-state index in [1.807, 2.05) is 35.4 Å². The molecule has 2 aromatic heterocycles. The first-order chi connectivity index (χ1) is 11.2. The van der Waals surface area contributed by atoms with E-state index >= 15 is 0 Å². The Labute approximate surface area is 147 Å². The molecular formula is C15H15ClN4OS2. The van der Waals surface area contributed by atoms with E-state index in [0.717, 1.165) is 20.4 Å². The van der Waals surface area contributed by atoms with Crippen molar-refractivity contribution in [2.75, 3.05) is 24.3 Å². The summed E-state index contributed by atoms with van der Waals surface area (Å²) in [5.74, 6) is 0.793. The molecular weight excluding hydrogens is 352 g/mol. The molecule has 0 radical (unpaired) electrons. The smallest absolute Gasteiger partial charge is 0.176 e. The summed E-state index contributed by atoms with van der Waals surface area (Å²) in [6, 6.07) is 7.69. The molecule has 1 N–H and O–H groups in total. The highest BCUT2D eigenvalue weighted by Crippen LogP contribution is 2.33. The van der Waals surface area contributed by atoms with Gasteiger partial charge in [0.2, 0.25) is 0 Å². The van der Waals surface area contributed by atoms with Gasteiger partial charge in [0, 0.05) is 18.1 Å². The Hall–Kier alpha value is -1.41. The lowest BCUT2D eigenvalue weighted by Gasteiger charge is -2.23. The fourth-order valence-corrected chi connectivity index (χ4v) is 4.02. The van der Waals surface area contributed by atoms with Gasteiger partial charge >= 0.3 is 0 Å². The lowest BCUT2D eigenvalue weighted by atomic mass is 10.2. The van der Waals surface area contributed by atoms with Crippen molar-refractivity contribution in [3.05, 3.63) is 41.2 Å². The van der Waals surface area contributed by atoms with E-state index < -0.39 is 0 Å². The van der Waals surface area contributed by atoms with Crippen LogP contribution in [0.3, 0.4) is 0 Å². The number of aliphatic hydroxyl groups is 1. The zero-order valence-corrected chi connectivity index (χ0v) is 14.8. The summed E-state index contributed by atoms with van der Waals surface area (Å²) in [7, 11) is 0. The van der Waals surface area contributed by atoms with Gasteiger partial charge in [0.05, 0.1) is 6.61 Å². The summed E-state index contributed by atoms with van der Waals surface area (Å²) in [6.45, 7) is 1.13. The number of anilines is 1. The molecule has 0 unspecified atom stereocenters. The Morgan fingerprint density at radius 1 is 1.35 bits per heavy atom. The second-order valence-electron chi connectivity index (χ2n) is 4.81. The molecule has 3 aromatic rings. The highest BCUT2D eigenvalue weighted by molar-refractivity contribution is 8.00. The Morgan fingerprint density at radius 3 is 2.96 bits per heavy atom. The van der Waals surface area contributed by atoms with Gasteiger partial charge in [0.15, 0.2) is 15.8 Å². The van der Waals surface area contributed by atoms with Crippen LogP contribution >= 0.6 is 34.7 Å². The summed E-state index contributed by atoms with van der Waals surface area (Å²) in [5, 5.41) is 10.1. The Morgan fingerprint density at radius 2 is 2.22 bits per heavy atom. The van der Waals surface area contributed by atoms with Crippen LogP contribution < -0.4 is 4.90 Å². The minimum Gasteiger partial charge on any atom is -0.395 e. The van der Waals surface area contributed by atoms with E-state index in [2.05, 4.69) is 15.0 Å². The molecule has 0 aliphatic heterocycles. The minimum atomic E-state index is 0.0419. The molecule has 0 saturated carbocycles. The van der Waals surface area contributed by atoms with Crippen LogP contribution in [0.4, 0.5) is 5.82 Å². The van der Waals surface area contributed by atoms with Crippen LogP contribution in [0.5, 0.6) is 0 Å². The number of thioether (sulfide) groups is 1. The number of hydrogen-bond acceptors (Lipinski definition) is 7. The number of rotatable bonds is 6. The largest absolute Gasteiger partial charge is 0.395 e. The maximum absolute atomic E-state index is 9.43. The second-order valence-corrected chi connectivity index (χ2v) is 7.30. The van der Waals surface area contributed by atoms with Crippen molar-refractivity contribution in [2.45, 2.75) is 10.9 Å². The fraction of sp³-hybridized carbons (Fsp3) is 0.267. The predicted molar refractivity (Wildman–Crippen MR) is 96.6 cm³/mol. The molecule has 8 heteroatoms. The Kier molecular flexibility index (Phi) is 5.32. The third-order valence-corrected chi connectivity index (χ3v) is 5.52. The highest BCUT2D eigenvalue weighted by Gasteiger charge is 2.16. The van der Waals surface area contributed by atoms with Crippen molar-refractivity contribution in [3.63, 3.8) is 0 Å². The minimum absolute atomic E-state index is 0.0419. The second kappa shape index (κ2) is 7.44. The van der Waals surface area contributed by atoms with E-state index in [1.54, 1.807) is 23.1 Å².